The highest BCUT2D eigenvalue weighted by molar-refractivity contribution is 5.84. The van der Waals surface area contributed by atoms with Crippen LogP contribution >= 0.6 is 0 Å². The van der Waals surface area contributed by atoms with Crippen LogP contribution in [-0.2, 0) is 9.53 Å². The normalized spacial score (nSPS) is 13.1. The molecule has 3 aromatic rings. The van der Waals surface area contributed by atoms with Crippen molar-refractivity contribution in [3.8, 4) is 22.6 Å². The van der Waals surface area contributed by atoms with Crippen molar-refractivity contribution < 1.29 is 23.4 Å². The van der Waals surface area contributed by atoms with Gasteiger partial charge in [0.2, 0.25) is 0 Å². The summed E-state index contributed by atoms with van der Waals surface area (Å²) in [7, 11) is 1.63. The smallest absolute Gasteiger partial charge is 0.344 e. The molecule has 1 aromatic heterocycles. The molecule has 204 valence electrons. The summed E-state index contributed by atoms with van der Waals surface area (Å²) in [5.74, 6) is 1.10. The predicted octanol–water partition coefficient (Wildman–Crippen LogP) is 7.82. The third-order valence-corrected chi connectivity index (χ3v) is 7.17. The van der Waals surface area contributed by atoms with Crippen molar-refractivity contribution in [3.05, 3.63) is 71.1 Å². The van der Waals surface area contributed by atoms with E-state index in [4.69, 9.17) is 18.6 Å². The topological polar surface area (TPSA) is 75.0 Å². The standard InChI is InChI=1S/C32H40O6/c1-8-11-12-13-22(9-2)23-15-17-26(29(19-23)35-7)27-18-24-14-16-25(20-28(24)37-31(27)34)36-21(4)32(5,6)38-30(33)10-3/h10,14-22H,3,8-9,11-13H2,1-2,4-7H3. The van der Waals surface area contributed by atoms with Gasteiger partial charge in [0.25, 0.3) is 0 Å². The van der Waals surface area contributed by atoms with E-state index < -0.39 is 23.3 Å². The SMILES string of the molecule is C=CC(=O)OC(C)(C)C(C)Oc1ccc2cc(-c3ccc(C(CC)CCCCC)cc3OC)c(=O)oc2c1. The molecule has 2 atom stereocenters. The van der Waals surface area contributed by atoms with Gasteiger partial charge < -0.3 is 18.6 Å². The van der Waals surface area contributed by atoms with Crippen molar-refractivity contribution in [2.45, 2.75) is 84.3 Å². The van der Waals surface area contributed by atoms with E-state index in [0.29, 0.717) is 34.1 Å². The summed E-state index contributed by atoms with van der Waals surface area (Å²) < 4.78 is 22.8. The highest BCUT2D eigenvalue weighted by atomic mass is 16.6. The van der Waals surface area contributed by atoms with Gasteiger partial charge in [0.15, 0.2) is 0 Å². The van der Waals surface area contributed by atoms with Crippen LogP contribution in [0, 0.1) is 0 Å². The molecule has 1 heterocycles. The zero-order valence-electron chi connectivity index (χ0n) is 23.5. The van der Waals surface area contributed by atoms with Gasteiger partial charge in [0, 0.05) is 23.1 Å². The quantitative estimate of drug-likeness (QED) is 0.0990. The average Bonchev–Trinajstić information content (AvgIpc) is 2.90. The number of fused-ring (bicyclic) bond motifs is 1. The first kappa shape index (κ1) is 29.0. The molecule has 38 heavy (non-hydrogen) atoms. The lowest BCUT2D eigenvalue weighted by Crippen LogP contribution is -2.42. The Hall–Kier alpha value is -3.54. The van der Waals surface area contributed by atoms with E-state index in [1.54, 1.807) is 33.1 Å². The van der Waals surface area contributed by atoms with Crippen LogP contribution in [-0.4, -0.2) is 24.8 Å². The first-order valence-corrected chi connectivity index (χ1v) is 13.4. The molecule has 0 saturated heterocycles. The molecule has 2 unspecified atom stereocenters. The average molecular weight is 521 g/mol. The third kappa shape index (κ3) is 6.85. The van der Waals surface area contributed by atoms with E-state index in [1.165, 1.54) is 24.8 Å². The van der Waals surface area contributed by atoms with Gasteiger partial charge in [0.1, 0.15) is 28.8 Å². The molecule has 0 fully saturated rings. The van der Waals surface area contributed by atoms with Gasteiger partial charge >= 0.3 is 11.6 Å². The molecular formula is C32H40O6. The van der Waals surface area contributed by atoms with Crippen molar-refractivity contribution >= 4 is 16.9 Å². The zero-order chi connectivity index (χ0) is 27.9. The van der Waals surface area contributed by atoms with Gasteiger partial charge in [-0.25, -0.2) is 9.59 Å². The number of rotatable bonds is 13. The number of ether oxygens (including phenoxy) is 3. The van der Waals surface area contributed by atoms with Crippen molar-refractivity contribution in [3.63, 3.8) is 0 Å². The largest absolute Gasteiger partial charge is 0.496 e. The Morgan fingerprint density at radius 1 is 1.08 bits per heavy atom. The van der Waals surface area contributed by atoms with E-state index in [0.717, 1.165) is 24.3 Å². The van der Waals surface area contributed by atoms with E-state index in [1.807, 2.05) is 25.1 Å². The number of methoxy groups -OCH3 is 1. The van der Waals surface area contributed by atoms with Crippen molar-refractivity contribution in [1.82, 2.24) is 0 Å². The second-order valence-corrected chi connectivity index (χ2v) is 10.2. The Kier molecular flexibility index (Phi) is 9.78. The number of hydrogen-bond acceptors (Lipinski definition) is 6. The molecule has 3 rings (SSSR count). The maximum Gasteiger partial charge on any atom is 0.344 e. The van der Waals surface area contributed by atoms with E-state index >= 15 is 0 Å². The van der Waals surface area contributed by atoms with E-state index in [9.17, 15) is 9.59 Å². The highest BCUT2D eigenvalue weighted by Gasteiger charge is 2.31. The molecule has 2 aromatic carbocycles. The Bertz CT molecular complexity index is 1320. The first-order chi connectivity index (χ1) is 18.1. The fourth-order valence-corrected chi connectivity index (χ4v) is 4.51. The summed E-state index contributed by atoms with van der Waals surface area (Å²) in [6, 6.07) is 13.2. The molecule has 0 amide bonds. The van der Waals surface area contributed by atoms with Crippen molar-refractivity contribution in [2.75, 3.05) is 7.11 Å². The fourth-order valence-electron chi connectivity index (χ4n) is 4.51. The molecular weight excluding hydrogens is 480 g/mol. The van der Waals surface area contributed by atoms with Crippen LogP contribution < -0.4 is 15.1 Å². The Morgan fingerprint density at radius 2 is 1.84 bits per heavy atom. The molecule has 0 bridgehead atoms. The Balaban J connectivity index is 1.89. The minimum absolute atomic E-state index is 0.405. The van der Waals surface area contributed by atoms with Crippen LogP contribution in [0.1, 0.15) is 78.2 Å². The van der Waals surface area contributed by atoms with Crippen LogP contribution in [0.25, 0.3) is 22.1 Å². The lowest BCUT2D eigenvalue weighted by atomic mass is 9.89. The number of unbranched alkanes of at least 4 members (excludes halogenated alkanes) is 2. The monoisotopic (exact) mass is 520 g/mol. The number of esters is 1. The summed E-state index contributed by atoms with van der Waals surface area (Å²) in [4.78, 5) is 24.7. The minimum Gasteiger partial charge on any atom is -0.496 e. The van der Waals surface area contributed by atoms with Crippen molar-refractivity contribution in [1.29, 1.82) is 0 Å². The maximum atomic E-state index is 13.1. The Labute approximate surface area is 225 Å². The lowest BCUT2D eigenvalue weighted by molar-refractivity contribution is -0.158. The third-order valence-electron chi connectivity index (χ3n) is 7.17. The second kappa shape index (κ2) is 12.8. The number of benzene rings is 2. The molecule has 0 radical (unpaired) electrons. The van der Waals surface area contributed by atoms with Crippen LogP contribution in [0.4, 0.5) is 0 Å². The Morgan fingerprint density at radius 3 is 2.50 bits per heavy atom. The summed E-state index contributed by atoms with van der Waals surface area (Å²) in [5, 5.41) is 0.758. The molecule has 0 aliphatic carbocycles. The molecule has 6 heteroatoms. The zero-order valence-corrected chi connectivity index (χ0v) is 23.5. The predicted molar refractivity (Wildman–Crippen MR) is 152 cm³/mol. The summed E-state index contributed by atoms with van der Waals surface area (Å²) in [6.07, 6.45) is 6.49. The van der Waals surface area contributed by atoms with Gasteiger partial charge in [0.05, 0.1) is 12.7 Å². The number of hydrogen-bond donors (Lipinski definition) is 0. The van der Waals surface area contributed by atoms with Crippen LogP contribution in [0.3, 0.4) is 0 Å². The molecule has 6 nitrogen and oxygen atoms in total. The van der Waals surface area contributed by atoms with Crippen LogP contribution in [0.15, 0.2) is 64.3 Å². The van der Waals surface area contributed by atoms with Gasteiger partial charge in [-0.05, 0) is 69.4 Å². The number of carbonyl (C=O) groups excluding carboxylic acids is 1. The van der Waals surface area contributed by atoms with Crippen LogP contribution in [0.2, 0.25) is 0 Å². The fraction of sp³-hybridized carbons (Fsp3) is 0.438. The van der Waals surface area contributed by atoms with Crippen molar-refractivity contribution in [2.24, 2.45) is 0 Å². The molecule has 0 spiro atoms. The number of carbonyl (C=O) groups is 1. The molecule has 0 N–H and O–H groups in total. The summed E-state index contributed by atoms with van der Waals surface area (Å²) >= 11 is 0. The summed E-state index contributed by atoms with van der Waals surface area (Å²) in [6.45, 7) is 13.2. The molecule has 0 aliphatic heterocycles. The van der Waals surface area contributed by atoms with Gasteiger partial charge in [-0.1, -0.05) is 51.8 Å². The molecule has 0 aliphatic rings. The minimum atomic E-state index is -0.888. The summed E-state index contributed by atoms with van der Waals surface area (Å²) in [5.41, 5.74) is 1.44. The van der Waals surface area contributed by atoms with Gasteiger partial charge in [-0.2, -0.15) is 0 Å². The second-order valence-electron chi connectivity index (χ2n) is 10.2. The van der Waals surface area contributed by atoms with E-state index in [2.05, 4.69) is 32.6 Å². The maximum absolute atomic E-state index is 13.1. The molecule has 0 saturated carbocycles. The van der Waals surface area contributed by atoms with E-state index in [-0.39, 0.29) is 0 Å². The van der Waals surface area contributed by atoms with Gasteiger partial charge in [-0.15, -0.1) is 0 Å². The van der Waals surface area contributed by atoms with Gasteiger partial charge in [-0.3, -0.25) is 0 Å². The first-order valence-electron chi connectivity index (χ1n) is 13.4. The lowest BCUT2D eigenvalue weighted by Gasteiger charge is -2.31. The van der Waals surface area contributed by atoms with Crippen LogP contribution in [0.5, 0.6) is 11.5 Å². The highest BCUT2D eigenvalue weighted by Crippen LogP contribution is 2.35.